The molecule has 7 heteroatoms. The Bertz CT molecular complexity index is 756. The zero-order valence-electron chi connectivity index (χ0n) is 13.3. The van der Waals surface area contributed by atoms with E-state index in [1.54, 1.807) is 23.2 Å². The van der Waals surface area contributed by atoms with E-state index in [-0.39, 0.29) is 16.6 Å². The van der Waals surface area contributed by atoms with Crippen molar-refractivity contribution in [3.05, 3.63) is 46.8 Å². The highest BCUT2D eigenvalue weighted by atomic mass is 35.5. The second-order valence-corrected chi connectivity index (χ2v) is 6.90. The van der Waals surface area contributed by atoms with Crippen LogP contribution in [0.4, 0.5) is 10.5 Å². The number of urea groups is 1. The second-order valence-electron chi connectivity index (χ2n) is 6.54. The molecule has 1 aliphatic heterocycles. The molecule has 0 bridgehead atoms. The Morgan fingerprint density at radius 3 is 2.78 bits per heavy atom. The lowest BCUT2D eigenvalue weighted by atomic mass is 9.95. The maximum absolute atomic E-state index is 12.4. The minimum atomic E-state index is -0.227. The number of fused-ring (bicyclic) bond motifs is 1. The average molecular weight is 332 g/mol. The van der Waals surface area contributed by atoms with Gasteiger partial charge in [0.2, 0.25) is 0 Å². The molecule has 6 nitrogen and oxygen atoms in total. The van der Waals surface area contributed by atoms with Gasteiger partial charge in [-0.25, -0.2) is 19.7 Å². The summed E-state index contributed by atoms with van der Waals surface area (Å²) in [6, 6.07) is 3.21. The van der Waals surface area contributed by atoms with Crippen molar-refractivity contribution in [2.45, 2.75) is 39.3 Å². The van der Waals surface area contributed by atoms with E-state index in [0.717, 1.165) is 17.1 Å². The van der Waals surface area contributed by atoms with E-state index >= 15 is 0 Å². The Kier molecular flexibility index (Phi) is 3.93. The second kappa shape index (κ2) is 5.77. The van der Waals surface area contributed by atoms with Crippen molar-refractivity contribution in [3.8, 4) is 0 Å². The first-order chi connectivity index (χ1) is 10.8. The fourth-order valence-corrected chi connectivity index (χ4v) is 2.50. The number of rotatable bonds is 1. The van der Waals surface area contributed by atoms with Gasteiger partial charge in [-0.05, 0) is 12.1 Å². The maximum atomic E-state index is 12.4. The molecule has 0 aromatic carbocycles. The minimum absolute atomic E-state index is 0.117. The van der Waals surface area contributed by atoms with E-state index in [4.69, 9.17) is 11.6 Å². The Balaban J connectivity index is 1.74. The molecule has 3 rings (SSSR count). The van der Waals surface area contributed by atoms with E-state index in [9.17, 15) is 4.79 Å². The molecule has 0 fully saturated rings. The largest absolute Gasteiger partial charge is 0.322 e. The van der Waals surface area contributed by atoms with Crippen LogP contribution in [0.5, 0.6) is 0 Å². The number of carbonyl (C=O) groups excluding carboxylic acids is 1. The summed E-state index contributed by atoms with van der Waals surface area (Å²) in [6.07, 6.45) is 3.39. The van der Waals surface area contributed by atoms with Crippen LogP contribution < -0.4 is 5.32 Å². The highest BCUT2D eigenvalue weighted by Gasteiger charge is 2.27. The molecule has 1 N–H and O–H groups in total. The van der Waals surface area contributed by atoms with Crippen LogP contribution in [-0.2, 0) is 18.5 Å². The van der Waals surface area contributed by atoms with Gasteiger partial charge in [0.05, 0.1) is 24.5 Å². The lowest BCUT2D eigenvalue weighted by Crippen LogP contribution is -2.30. The van der Waals surface area contributed by atoms with Crippen molar-refractivity contribution < 1.29 is 4.79 Å². The van der Waals surface area contributed by atoms with Gasteiger partial charge in [-0.1, -0.05) is 32.4 Å². The van der Waals surface area contributed by atoms with Gasteiger partial charge in [0.15, 0.2) is 5.15 Å². The third kappa shape index (κ3) is 3.27. The van der Waals surface area contributed by atoms with E-state index < -0.39 is 0 Å². The Hall–Kier alpha value is -2.21. The predicted octanol–water partition coefficient (Wildman–Crippen LogP) is 3.37. The Labute approximate surface area is 139 Å². The number of aromatic nitrogens is 3. The molecule has 120 valence electrons. The maximum Gasteiger partial charge on any atom is 0.322 e. The highest BCUT2D eigenvalue weighted by molar-refractivity contribution is 6.32. The van der Waals surface area contributed by atoms with E-state index in [0.29, 0.717) is 18.8 Å². The van der Waals surface area contributed by atoms with Gasteiger partial charge in [0.1, 0.15) is 5.82 Å². The number of nitrogens with zero attached hydrogens (tertiary/aromatic N) is 4. The smallest absolute Gasteiger partial charge is 0.314 e. The molecule has 0 saturated heterocycles. The molecule has 0 radical (unpaired) electrons. The molecule has 2 aromatic heterocycles. The van der Waals surface area contributed by atoms with Crippen molar-refractivity contribution in [2.24, 2.45) is 0 Å². The fourth-order valence-electron chi connectivity index (χ4n) is 2.33. The van der Waals surface area contributed by atoms with Crippen LogP contribution >= 0.6 is 11.6 Å². The first kappa shape index (κ1) is 15.7. The monoisotopic (exact) mass is 331 g/mol. The number of hydrogen-bond acceptors (Lipinski definition) is 4. The topological polar surface area (TPSA) is 71.0 Å². The highest BCUT2D eigenvalue weighted by Crippen LogP contribution is 2.26. The van der Waals surface area contributed by atoms with Gasteiger partial charge >= 0.3 is 6.03 Å². The zero-order chi connectivity index (χ0) is 16.6. The van der Waals surface area contributed by atoms with Gasteiger partial charge in [0.25, 0.3) is 0 Å². The predicted molar refractivity (Wildman–Crippen MR) is 88.2 cm³/mol. The van der Waals surface area contributed by atoms with Crippen molar-refractivity contribution in [1.29, 1.82) is 0 Å². The van der Waals surface area contributed by atoms with Crippen LogP contribution in [0, 0.1) is 0 Å². The summed E-state index contributed by atoms with van der Waals surface area (Å²) < 4.78 is 0. The lowest BCUT2D eigenvalue weighted by molar-refractivity contribution is 0.212. The molecule has 2 amide bonds. The summed E-state index contributed by atoms with van der Waals surface area (Å²) >= 11 is 5.97. The molecule has 0 saturated carbocycles. The van der Waals surface area contributed by atoms with Crippen molar-refractivity contribution >= 4 is 23.3 Å². The SMILES string of the molecule is CC(C)(C)c1ncc2c(n1)CN(C(=O)Nc1cccnc1Cl)C2. The lowest BCUT2D eigenvalue weighted by Gasteiger charge is -2.17. The number of halogens is 1. The molecular weight excluding hydrogens is 314 g/mol. The van der Waals surface area contributed by atoms with Crippen LogP contribution in [-0.4, -0.2) is 25.9 Å². The van der Waals surface area contributed by atoms with Crippen LogP contribution in [0.3, 0.4) is 0 Å². The number of pyridine rings is 1. The van der Waals surface area contributed by atoms with Gasteiger partial charge in [0, 0.05) is 23.4 Å². The molecule has 0 atom stereocenters. The third-order valence-corrected chi connectivity index (χ3v) is 3.92. The quantitative estimate of drug-likeness (QED) is 0.813. The summed E-state index contributed by atoms with van der Waals surface area (Å²) in [4.78, 5) is 27.0. The summed E-state index contributed by atoms with van der Waals surface area (Å²) in [5.41, 5.74) is 2.26. The standard InChI is InChI=1S/C16H18ClN5O/c1-16(2,3)14-19-7-10-8-22(9-12(10)20-14)15(23)21-11-5-4-6-18-13(11)17/h4-7H,8-9H2,1-3H3,(H,21,23). The van der Waals surface area contributed by atoms with Gasteiger partial charge in [-0.2, -0.15) is 0 Å². The van der Waals surface area contributed by atoms with Crippen molar-refractivity contribution in [1.82, 2.24) is 19.9 Å². The zero-order valence-corrected chi connectivity index (χ0v) is 14.1. The number of hydrogen-bond donors (Lipinski definition) is 1. The molecule has 0 unspecified atom stereocenters. The van der Waals surface area contributed by atoms with Crippen molar-refractivity contribution in [3.63, 3.8) is 0 Å². The first-order valence-corrected chi connectivity index (χ1v) is 7.74. The van der Waals surface area contributed by atoms with Crippen molar-refractivity contribution in [2.75, 3.05) is 5.32 Å². The van der Waals surface area contributed by atoms with E-state index in [1.807, 2.05) is 6.20 Å². The van der Waals surface area contributed by atoms with Gasteiger partial charge < -0.3 is 10.2 Å². The van der Waals surface area contributed by atoms with Crippen LogP contribution in [0.15, 0.2) is 24.5 Å². The summed E-state index contributed by atoms with van der Waals surface area (Å²) in [6.45, 7) is 7.16. The van der Waals surface area contributed by atoms with Crippen LogP contribution in [0.2, 0.25) is 5.15 Å². The number of anilines is 1. The molecular formula is C16H18ClN5O. The Morgan fingerprint density at radius 2 is 2.09 bits per heavy atom. The first-order valence-electron chi connectivity index (χ1n) is 7.36. The van der Waals surface area contributed by atoms with Crippen LogP contribution in [0.25, 0.3) is 0 Å². The molecule has 0 aliphatic carbocycles. The summed E-state index contributed by atoms with van der Waals surface area (Å²) in [5, 5.41) is 3.05. The normalized spacial score (nSPS) is 13.8. The molecule has 0 spiro atoms. The molecule has 23 heavy (non-hydrogen) atoms. The summed E-state index contributed by atoms with van der Waals surface area (Å²) in [7, 11) is 0. The van der Waals surface area contributed by atoms with Gasteiger partial charge in [-0.15, -0.1) is 0 Å². The fraction of sp³-hybridized carbons (Fsp3) is 0.375. The molecule has 3 heterocycles. The summed E-state index contributed by atoms with van der Waals surface area (Å²) in [5.74, 6) is 0.786. The third-order valence-electron chi connectivity index (χ3n) is 3.61. The van der Waals surface area contributed by atoms with Crippen LogP contribution in [0.1, 0.15) is 37.9 Å². The number of nitrogens with one attached hydrogen (secondary N) is 1. The average Bonchev–Trinajstić information content (AvgIpc) is 2.92. The Morgan fingerprint density at radius 1 is 1.30 bits per heavy atom. The van der Waals surface area contributed by atoms with Gasteiger partial charge in [-0.3, -0.25) is 0 Å². The molecule has 1 aliphatic rings. The number of amides is 2. The number of carbonyl (C=O) groups is 1. The van der Waals surface area contributed by atoms with E-state index in [2.05, 4.69) is 41.0 Å². The molecule has 2 aromatic rings. The van der Waals surface area contributed by atoms with E-state index in [1.165, 1.54) is 0 Å². The minimum Gasteiger partial charge on any atom is -0.314 e.